The molecule has 0 unspecified atom stereocenters. The fraction of sp³-hybridized carbons (Fsp3) is 0.125. The first kappa shape index (κ1) is 16.7. The predicted molar refractivity (Wildman–Crippen MR) is 99.4 cm³/mol. The van der Waals surface area contributed by atoms with Crippen LogP contribution in [0.15, 0.2) is 45.7 Å². The molecule has 4 aromatic rings. The summed E-state index contributed by atoms with van der Waals surface area (Å²) >= 11 is 2.57. The van der Waals surface area contributed by atoms with Crippen LogP contribution in [0.5, 0.6) is 0 Å². The summed E-state index contributed by atoms with van der Waals surface area (Å²) in [5.41, 5.74) is 1.12. The monoisotopic (exact) mass is 389 g/mol. The minimum Gasteiger partial charge on any atom is -0.325 e. The predicted octanol–water partition coefficient (Wildman–Crippen LogP) is 2.51. The van der Waals surface area contributed by atoms with E-state index in [9.17, 15) is 14.0 Å². The van der Waals surface area contributed by atoms with Crippen molar-refractivity contribution in [2.45, 2.75) is 5.16 Å². The lowest BCUT2D eigenvalue weighted by Crippen LogP contribution is -2.19. The minimum absolute atomic E-state index is 0.104. The van der Waals surface area contributed by atoms with Gasteiger partial charge in [0.1, 0.15) is 10.5 Å². The summed E-state index contributed by atoms with van der Waals surface area (Å²) in [6.45, 7) is 0. The maximum atomic E-state index is 12.9. The molecule has 0 aliphatic carbocycles. The van der Waals surface area contributed by atoms with Crippen molar-refractivity contribution in [3.8, 4) is 0 Å². The van der Waals surface area contributed by atoms with E-state index in [0.717, 1.165) is 5.52 Å². The van der Waals surface area contributed by atoms with Crippen LogP contribution in [0.25, 0.3) is 16.0 Å². The molecule has 1 aromatic carbocycles. The third-order valence-electron chi connectivity index (χ3n) is 3.76. The van der Waals surface area contributed by atoms with Crippen molar-refractivity contribution < 1.29 is 9.18 Å². The summed E-state index contributed by atoms with van der Waals surface area (Å²) in [5, 5.41) is 13.2. The second kappa shape index (κ2) is 6.54. The van der Waals surface area contributed by atoms with Crippen molar-refractivity contribution in [2.24, 2.45) is 7.05 Å². The zero-order valence-electron chi connectivity index (χ0n) is 13.5. The highest BCUT2D eigenvalue weighted by molar-refractivity contribution is 7.99. The summed E-state index contributed by atoms with van der Waals surface area (Å²) < 4.78 is 16.7. The highest BCUT2D eigenvalue weighted by Gasteiger charge is 2.16. The Morgan fingerprint density at radius 3 is 2.81 bits per heavy atom. The Kier molecular flexibility index (Phi) is 4.21. The van der Waals surface area contributed by atoms with E-state index in [1.165, 1.54) is 51.9 Å². The Hall–Kier alpha value is -2.72. The molecular formula is C16H12FN5O2S2. The molecule has 7 nitrogen and oxygen atoms in total. The van der Waals surface area contributed by atoms with Gasteiger partial charge in [-0.2, -0.15) is 0 Å². The Labute approximate surface area is 154 Å². The smallest absolute Gasteiger partial charge is 0.272 e. The standard InChI is InChI=1S/C16H12FN5O2S2/c1-21-14(24)13-11(6-7-25-13)22-15(21)19-20-16(22)26-8-12(23)18-10-4-2-9(17)3-5-10/h2-7H,8H2,1H3,(H,18,23). The number of carbonyl (C=O) groups is 1. The van der Waals surface area contributed by atoms with Crippen LogP contribution < -0.4 is 10.9 Å². The van der Waals surface area contributed by atoms with Gasteiger partial charge in [-0.3, -0.25) is 18.6 Å². The molecule has 132 valence electrons. The van der Waals surface area contributed by atoms with E-state index >= 15 is 0 Å². The number of hydrogen-bond donors (Lipinski definition) is 1. The average Bonchev–Trinajstić information content (AvgIpc) is 3.26. The van der Waals surface area contributed by atoms with E-state index in [1.807, 2.05) is 11.4 Å². The number of aryl methyl sites for hydroxylation is 1. The third-order valence-corrected chi connectivity index (χ3v) is 5.58. The highest BCUT2D eigenvalue weighted by atomic mass is 32.2. The summed E-state index contributed by atoms with van der Waals surface area (Å²) in [7, 11) is 1.64. The van der Waals surface area contributed by atoms with E-state index in [0.29, 0.717) is 21.3 Å². The summed E-state index contributed by atoms with van der Waals surface area (Å²) in [6.07, 6.45) is 0. The second-order valence-corrected chi connectivity index (χ2v) is 7.32. The van der Waals surface area contributed by atoms with E-state index in [1.54, 1.807) is 11.4 Å². The number of anilines is 1. The quantitative estimate of drug-likeness (QED) is 0.543. The average molecular weight is 389 g/mol. The van der Waals surface area contributed by atoms with E-state index in [-0.39, 0.29) is 23.0 Å². The summed E-state index contributed by atoms with van der Waals surface area (Å²) in [6, 6.07) is 7.38. The van der Waals surface area contributed by atoms with Gasteiger partial charge in [0.2, 0.25) is 11.7 Å². The minimum atomic E-state index is -0.363. The number of hydrogen-bond acceptors (Lipinski definition) is 6. The van der Waals surface area contributed by atoms with Gasteiger partial charge in [-0.05, 0) is 35.7 Å². The first-order valence-electron chi connectivity index (χ1n) is 7.54. The topological polar surface area (TPSA) is 81.3 Å². The number of rotatable bonds is 4. The lowest BCUT2D eigenvalue weighted by atomic mass is 10.3. The molecule has 1 N–H and O–H groups in total. The number of benzene rings is 1. The van der Waals surface area contributed by atoms with Crippen molar-refractivity contribution in [1.82, 2.24) is 19.2 Å². The van der Waals surface area contributed by atoms with Crippen LogP contribution >= 0.6 is 23.1 Å². The normalized spacial score (nSPS) is 11.3. The molecule has 0 saturated carbocycles. The number of halogens is 1. The second-order valence-electron chi connectivity index (χ2n) is 5.46. The van der Waals surface area contributed by atoms with Crippen LogP contribution in [0.3, 0.4) is 0 Å². The van der Waals surface area contributed by atoms with Crippen molar-refractivity contribution in [2.75, 3.05) is 11.1 Å². The molecular weight excluding hydrogens is 377 g/mol. The van der Waals surface area contributed by atoms with Gasteiger partial charge in [0, 0.05) is 12.7 Å². The van der Waals surface area contributed by atoms with Crippen LogP contribution in [0.1, 0.15) is 0 Å². The Bertz CT molecular complexity index is 1180. The van der Waals surface area contributed by atoms with E-state index in [2.05, 4.69) is 15.5 Å². The van der Waals surface area contributed by atoms with Crippen molar-refractivity contribution in [1.29, 1.82) is 0 Å². The van der Waals surface area contributed by atoms with Gasteiger partial charge in [-0.1, -0.05) is 11.8 Å². The Morgan fingerprint density at radius 2 is 2.04 bits per heavy atom. The Morgan fingerprint density at radius 1 is 1.27 bits per heavy atom. The highest BCUT2D eigenvalue weighted by Crippen LogP contribution is 2.24. The number of nitrogens with one attached hydrogen (secondary N) is 1. The molecule has 3 heterocycles. The lowest BCUT2D eigenvalue weighted by molar-refractivity contribution is -0.113. The maximum Gasteiger partial charge on any atom is 0.272 e. The zero-order valence-corrected chi connectivity index (χ0v) is 15.1. The number of carbonyl (C=O) groups excluding carboxylic acids is 1. The molecule has 0 radical (unpaired) electrons. The fourth-order valence-electron chi connectivity index (χ4n) is 2.53. The third kappa shape index (κ3) is 2.86. The van der Waals surface area contributed by atoms with Crippen molar-refractivity contribution in [3.05, 3.63) is 51.9 Å². The molecule has 0 spiro atoms. The largest absolute Gasteiger partial charge is 0.325 e. The molecule has 26 heavy (non-hydrogen) atoms. The van der Waals surface area contributed by atoms with Gasteiger partial charge in [-0.25, -0.2) is 4.39 Å². The lowest BCUT2D eigenvalue weighted by Gasteiger charge is -2.06. The number of amides is 1. The van der Waals surface area contributed by atoms with E-state index in [4.69, 9.17) is 0 Å². The first-order valence-corrected chi connectivity index (χ1v) is 9.40. The number of thiophene rings is 1. The summed E-state index contributed by atoms with van der Waals surface area (Å²) in [4.78, 5) is 24.4. The molecule has 0 aliphatic heterocycles. The van der Waals surface area contributed by atoms with Crippen LogP contribution in [0, 0.1) is 5.82 Å². The maximum absolute atomic E-state index is 12.9. The molecule has 0 bridgehead atoms. The number of thioether (sulfide) groups is 1. The van der Waals surface area contributed by atoms with Crippen LogP contribution in [0.2, 0.25) is 0 Å². The molecule has 0 fully saturated rings. The van der Waals surface area contributed by atoms with Gasteiger partial charge in [0.15, 0.2) is 5.16 Å². The molecule has 4 rings (SSSR count). The van der Waals surface area contributed by atoms with Gasteiger partial charge in [-0.15, -0.1) is 21.5 Å². The molecule has 1 amide bonds. The SMILES string of the molecule is Cn1c(=O)c2sccc2n2c(SCC(=O)Nc3ccc(F)cc3)nnc12. The number of nitrogens with zero attached hydrogens (tertiary/aromatic N) is 4. The molecule has 0 aliphatic rings. The Balaban J connectivity index is 1.59. The molecule has 3 aromatic heterocycles. The van der Waals surface area contributed by atoms with Crippen LogP contribution in [-0.2, 0) is 11.8 Å². The number of fused-ring (bicyclic) bond motifs is 3. The summed E-state index contributed by atoms with van der Waals surface area (Å²) in [5.74, 6) is -0.0862. The molecule has 0 atom stereocenters. The van der Waals surface area contributed by atoms with E-state index < -0.39 is 0 Å². The van der Waals surface area contributed by atoms with Crippen LogP contribution in [0.4, 0.5) is 10.1 Å². The van der Waals surface area contributed by atoms with Gasteiger partial charge < -0.3 is 5.32 Å². The zero-order chi connectivity index (χ0) is 18.3. The van der Waals surface area contributed by atoms with Crippen LogP contribution in [-0.4, -0.2) is 30.8 Å². The fourth-order valence-corrected chi connectivity index (χ4v) is 4.12. The molecule has 0 saturated heterocycles. The van der Waals surface area contributed by atoms with Gasteiger partial charge in [0.25, 0.3) is 5.56 Å². The number of aromatic nitrogens is 4. The van der Waals surface area contributed by atoms with Gasteiger partial charge >= 0.3 is 0 Å². The van der Waals surface area contributed by atoms with Gasteiger partial charge in [0.05, 0.1) is 11.3 Å². The van der Waals surface area contributed by atoms with Crippen molar-refractivity contribution >= 4 is 50.7 Å². The molecule has 10 heteroatoms. The van der Waals surface area contributed by atoms with Crippen molar-refractivity contribution in [3.63, 3.8) is 0 Å². The first-order chi connectivity index (χ1) is 12.5.